The van der Waals surface area contributed by atoms with Gasteiger partial charge in [0.05, 0.1) is 6.61 Å². The molecule has 1 unspecified atom stereocenters. The van der Waals surface area contributed by atoms with Gasteiger partial charge in [0, 0.05) is 11.4 Å². The van der Waals surface area contributed by atoms with Gasteiger partial charge in [0.1, 0.15) is 4.21 Å². The first-order chi connectivity index (χ1) is 8.27. The Hall–Kier alpha value is -0.430. The summed E-state index contributed by atoms with van der Waals surface area (Å²) in [4.78, 5) is 0.701. The number of nitrogens with one attached hydrogen (secondary N) is 1. The summed E-state index contributed by atoms with van der Waals surface area (Å²) in [6, 6.07) is 1.61. The summed E-state index contributed by atoms with van der Waals surface area (Å²) in [5, 5.41) is 9.08. The molecule has 0 aromatic carbocycles. The summed E-state index contributed by atoms with van der Waals surface area (Å²) in [6.07, 6.45) is 0. The molecule has 0 aliphatic heterocycles. The Morgan fingerprint density at radius 3 is 2.44 bits per heavy atom. The Balaban J connectivity index is 2.80. The number of hydrogen-bond donors (Lipinski definition) is 2. The van der Waals surface area contributed by atoms with E-state index in [1.54, 1.807) is 13.0 Å². The normalized spacial score (nSPS) is 14.1. The van der Waals surface area contributed by atoms with Gasteiger partial charge in [0.15, 0.2) is 0 Å². The van der Waals surface area contributed by atoms with Crippen LogP contribution in [0.3, 0.4) is 0 Å². The lowest BCUT2D eigenvalue weighted by atomic mass is 9.99. The molecule has 0 aliphatic rings. The van der Waals surface area contributed by atoms with E-state index < -0.39 is 10.0 Å². The molecule has 2 N–H and O–H groups in total. The molecule has 0 aliphatic carbocycles. The fraction of sp³-hybridized carbons (Fsp3) is 0.667. The van der Waals surface area contributed by atoms with Crippen molar-refractivity contribution in [3.05, 3.63) is 16.5 Å². The topological polar surface area (TPSA) is 66.4 Å². The fourth-order valence-corrected chi connectivity index (χ4v) is 3.96. The van der Waals surface area contributed by atoms with Crippen molar-refractivity contribution in [3.63, 3.8) is 0 Å². The van der Waals surface area contributed by atoms with Crippen LogP contribution in [0.4, 0.5) is 0 Å². The van der Waals surface area contributed by atoms with Gasteiger partial charge in [-0.05, 0) is 30.4 Å². The summed E-state index contributed by atoms with van der Waals surface area (Å²) < 4.78 is 27.0. The lowest BCUT2D eigenvalue weighted by Gasteiger charge is -2.15. The number of aliphatic hydroxyl groups is 1. The SMILES string of the molecule is Cc1cc(S(=O)(=O)NCC(C)C(C)C)sc1CO. The Labute approximate surface area is 113 Å². The molecule has 104 valence electrons. The molecular weight excluding hydrogens is 270 g/mol. The summed E-state index contributed by atoms with van der Waals surface area (Å²) >= 11 is 1.13. The Morgan fingerprint density at radius 1 is 1.39 bits per heavy atom. The molecule has 0 fully saturated rings. The Morgan fingerprint density at radius 2 is 2.00 bits per heavy atom. The van der Waals surface area contributed by atoms with Crippen molar-refractivity contribution in [2.75, 3.05) is 6.54 Å². The number of hydrogen-bond acceptors (Lipinski definition) is 4. The highest BCUT2D eigenvalue weighted by Crippen LogP contribution is 2.26. The number of aliphatic hydroxyl groups excluding tert-OH is 1. The van der Waals surface area contributed by atoms with E-state index in [0.717, 1.165) is 16.9 Å². The first-order valence-corrected chi connectivity index (χ1v) is 8.27. The molecule has 0 saturated carbocycles. The van der Waals surface area contributed by atoms with Gasteiger partial charge in [0.25, 0.3) is 0 Å². The largest absolute Gasteiger partial charge is 0.391 e. The van der Waals surface area contributed by atoms with E-state index in [9.17, 15) is 8.42 Å². The molecule has 1 atom stereocenters. The van der Waals surface area contributed by atoms with Crippen LogP contribution in [0.25, 0.3) is 0 Å². The average Bonchev–Trinajstić information content (AvgIpc) is 2.68. The monoisotopic (exact) mass is 291 g/mol. The van der Waals surface area contributed by atoms with Gasteiger partial charge < -0.3 is 5.11 Å². The number of aryl methyl sites for hydroxylation is 1. The minimum absolute atomic E-state index is 0.117. The van der Waals surface area contributed by atoms with Crippen LogP contribution in [0.2, 0.25) is 0 Å². The molecule has 1 heterocycles. The van der Waals surface area contributed by atoms with E-state index >= 15 is 0 Å². The van der Waals surface area contributed by atoms with Gasteiger partial charge in [-0.1, -0.05) is 20.8 Å². The van der Waals surface area contributed by atoms with Gasteiger partial charge in [-0.2, -0.15) is 0 Å². The first-order valence-electron chi connectivity index (χ1n) is 5.97. The van der Waals surface area contributed by atoms with E-state index in [2.05, 4.69) is 18.6 Å². The molecule has 0 bridgehead atoms. The highest BCUT2D eigenvalue weighted by Gasteiger charge is 2.20. The van der Waals surface area contributed by atoms with Crippen LogP contribution < -0.4 is 4.72 Å². The van der Waals surface area contributed by atoms with Crippen molar-refractivity contribution in [1.29, 1.82) is 0 Å². The summed E-state index contributed by atoms with van der Waals surface area (Å²) in [7, 11) is -3.44. The minimum Gasteiger partial charge on any atom is -0.391 e. The highest BCUT2D eigenvalue weighted by atomic mass is 32.2. The van der Waals surface area contributed by atoms with Crippen LogP contribution in [-0.2, 0) is 16.6 Å². The van der Waals surface area contributed by atoms with Crippen molar-refractivity contribution in [3.8, 4) is 0 Å². The van der Waals surface area contributed by atoms with Gasteiger partial charge in [0.2, 0.25) is 10.0 Å². The lowest BCUT2D eigenvalue weighted by molar-refractivity contribution is 0.285. The molecule has 18 heavy (non-hydrogen) atoms. The second-order valence-electron chi connectivity index (χ2n) is 4.90. The average molecular weight is 291 g/mol. The van der Waals surface area contributed by atoms with Crippen LogP contribution in [0.15, 0.2) is 10.3 Å². The van der Waals surface area contributed by atoms with E-state index in [1.807, 2.05) is 6.92 Å². The van der Waals surface area contributed by atoms with Gasteiger partial charge in [-0.25, -0.2) is 13.1 Å². The van der Waals surface area contributed by atoms with Crippen molar-refractivity contribution < 1.29 is 13.5 Å². The van der Waals surface area contributed by atoms with Crippen LogP contribution in [0, 0.1) is 18.8 Å². The standard InChI is InChI=1S/C12H21NO3S2/c1-8(2)10(4)6-13-18(15,16)12-5-9(3)11(7-14)17-12/h5,8,10,13-14H,6-7H2,1-4H3. The fourth-order valence-electron chi connectivity index (χ4n) is 1.33. The van der Waals surface area contributed by atoms with E-state index in [4.69, 9.17) is 5.11 Å². The third kappa shape index (κ3) is 3.78. The number of sulfonamides is 1. The molecule has 4 nitrogen and oxygen atoms in total. The zero-order valence-corrected chi connectivity index (χ0v) is 12.9. The third-order valence-corrected chi connectivity index (χ3v) is 6.26. The van der Waals surface area contributed by atoms with Crippen LogP contribution in [-0.4, -0.2) is 20.1 Å². The van der Waals surface area contributed by atoms with Crippen molar-refractivity contribution in [1.82, 2.24) is 4.72 Å². The quantitative estimate of drug-likeness (QED) is 0.843. The predicted molar refractivity (Wildman–Crippen MR) is 74.2 cm³/mol. The lowest BCUT2D eigenvalue weighted by Crippen LogP contribution is -2.29. The van der Waals surface area contributed by atoms with Crippen LogP contribution in [0.1, 0.15) is 31.2 Å². The number of rotatable bonds is 6. The molecule has 0 spiro atoms. The van der Waals surface area contributed by atoms with Crippen LogP contribution in [0.5, 0.6) is 0 Å². The molecule has 6 heteroatoms. The van der Waals surface area contributed by atoms with Gasteiger partial charge in [-0.3, -0.25) is 0 Å². The molecular formula is C12H21NO3S2. The maximum atomic E-state index is 12.1. The molecule has 1 aromatic rings. The predicted octanol–water partition coefficient (Wildman–Crippen LogP) is 2.12. The van der Waals surface area contributed by atoms with Gasteiger partial charge in [-0.15, -0.1) is 11.3 Å². The zero-order chi connectivity index (χ0) is 13.9. The second-order valence-corrected chi connectivity index (χ2v) is 8.03. The third-order valence-electron chi connectivity index (χ3n) is 3.14. The maximum absolute atomic E-state index is 12.1. The molecule has 0 amide bonds. The molecule has 0 saturated heterocycles. The minimum atomic E-state index is -3.44. The molecule has 0 radical (unpaired) electrons. The Kier molecular flexibility index (Phi) is 5.33. The molecule has 1 rings (SSSR count). The molecule has 1 aromatic heterocycles. The van der Waals surface area contributed by atoms with Crippen molar-refractivity contribution in [2.45, 2.75) is 38.5 Å². The summed E-state index contributed by atoms with van der Waals surface area (Å²) in [5.41, 5.74) is 0.819. The summed E-state index contributed by atoms with van der Waals surface area (Å²) in [6.45, 7) is 8.28. The highest BCUT2D eigenvalue weighted by molar-refractivity contribution is 7.91. The van der Waals surface area contributed by atoms with E-state index in [-0.39, 0.29) is 16.7 Å². The Bertz CT molecular complexity index is 491. The summed E-state index contributed by atoms with van der Waals surface area (Å²) in [5.74, 6) is 0.726. The smallest absolute Gasteiger partial charge is 0.250 e. The maximum Gasteiger partial charge on any atom is 0.250 e. The van der Waals surface area contributed by atoms with E-state index in [0.29, 0.717) is 17.3 Å². The van der Waals surface area contributed by atoms with E-state index in [1.165, 1.54) is 0 Å². The van der Waals surface area contributed by atoms with Crippen molar-refractivity contribution in [2.24, 2.45) is 11.8 Å². The van der Waals surface area contributed by atoms with Crippen LogP contribution >= 0.6 is 11.3 Å². The second kappa shape index (κ2) is 6.14. The first kappa shape index (κ1) is 15.6. The van der Waals surface area contributed by atoms with Gasteiger partial charge >= 0.3 is 0 Å². The zero-order valence-electron chi connectivity index (χ0n) is 11.2. The van der Waals surface area contributed by atoms with Crippen molar-refractivity contribution >= 4 is 21.4 Å². The number of thiophene rings is 1.